The maximum Gasteiger partial charge on any atom is 0.472 e. The molecule has 0 radical (unpaired) electrons. The molecule has 0 spiro atoms. The highest BCUT2D eigenvalue weighted by molar-refractivity contribution is 7.47. The lowest BCUT2D eigenvalue weighted by molar-refractivity contribution is -0.870. The van der Waals surface area contributed by atoms with Gasteiger partial charge in [0.05, 0.1) is 39.9 Å². The zero-order valence-electron chi connectivity index (χ0n) is 31.9. The number of allylic oxidation sites excluding steroid dienone is 9. The molecule has 0 aliphatic carbocycles. The summed E-state index contributed by atoms with van der Waals surface area (Å²) in [6, 6.07) is -0.853. The van der Waals surface area contributed by atoms with Crippen molar-refractivity contribution in [2.24, 2.45) is 0 Å². The second-order valence-electron chi connectivity index (χ2n) is 13.9. The Morgan fingerprint density at radius 1 is 0.714 bits per heavy atom. The molecule has 3 N–H and O–H groups in total. The number of carbonyl (C=O) groups excluding carboxylic acids is 1. The Morgan fingerprint density at radius 2 is 1.22 bits per heavy atom. The van der Waals surface area contributed by atoms with Gasteiger partial charge < -0.3 is 19.8 Å². The lowest BCUT2D eigenvalue weighted by Gasteiger charge is -2.25. The van der Waals surface area contributed by atoms with Crippen LogP contribution in [0.5, 0.6) is 0 Å². The molecule has 49 heavy (non-hydrogen) atoms. The Labute approximate surface area is 301 Å². The first-order valence-electron chi connectivity index (χ1n) is 19.2. The number of phosphoric acid groups is 1. The number of rotatable bonds is 33. The number of quaternary nitrogens is 1. The fraction of sp³-hybridized carbons (Fsp3) is 0.725. The number of unbranched alkanes of at least 4 members (excludes halogenated alkanes) is 12. The second kappa shape index (κ2) is 32.1. The molecule has 0 aliphatic heterocycles. The van der Waals surface area contributed by atoms with Crippen LogP contribution >= 0.6 is 7.82 Å². The molecule has 8 nitrogen and oxygen atoms in total. The van der Waals surface area contributed by atoms with Gasteiger partial charge in [-0.2, -0.15) is 0 Å². The van der Waals surface area contributed by atoms with E-state index in [9.17, 15) is 19.4 Å². The third-order valence-corrected chi connectivity index (χ3v) is 8.98. The zero-order valence-corrected chi connectivity index (χ0v) is 32.8. The van der Waals surface area contributed by atoms with Crippen LogP contribution in [0.1, 0.15) is 136 Å². The van der Waals surface area contributed by atoms with Crippen molar-refractivity contribution in [1.29, 1.82) is 0 Å². The van der Waals surface area contributed by atoms with E-state index < -0.39 is 20.0 Å². The summed E-state index contributed by atoms with van der Waals surface area (Å²) in [5.74, 6) is -0.199. The van der Waals surface area contributed by atoms with Gasteiger partial charge in [0, 0.05) is 6.42 Å². The Hall–Kier alpha value is -1.80. The molecule has 0 rings (SSSR count). The molecule has 1 amide bonds. The number of likely N-dealkylation sites (N-methyl/N-ethyl adjacent to an activating group) is 1. The summed E-state index contributed by atoms with van der Waals surface area (Å²) < 4.78 is 23.4. The summed E-state index contributed by atoms with van der Waals surface area (Å²) in [6.45, 7) is 4.61. The fourth-order valence-corrected chi connectivity index (χ4v) is 5.65. The van der Waals surface area contributed by atoms with Crippen molar-refractivity contribution in [1.82, 2.24) is 5.32 Å². The standard InChI is InChI=1S/C40H73N2O6P/c1-6-8-10-12-14-16-17-18-19-20-21-22-23-24-25-26-28-30-32-34-40(44)41-38(37-48-49(45,46)47-36-35-42(3,4)5)39(43)33-31-29-27-15-13-11-9-7-2/h8,10,14,16,18-19,21-22,31,33,38-39,43H,6-7,9,11-13,15,17,20,23-30,32,34-37H2,1-5H3,(H-,41,44,45,46)/p+1/b10-8-,16-14-,19-18-,22-21-,33-31+. The van der Waals surface area contributed by atoms with E-state index in [0.29, 0.717) is 17.4 Å². The van der Waals surface area contributed by atoms with Gasteiger partial charge in [0.2, 0.25) is 5.91 Å². The summed E-state index contributed by atoms with van der Waals surface area (Å²) in [4.78, 5) is 22.9. The van der Waals surface area contributed by atoms with Crippen molar-refractivity contribution >= 4 is 13.7 Å². The van der Waals surface area contributed by atoms with E-state index >= 15 is 0 Å². The predicted molar refractivity (Wildman–Crippen MR) is 207 cm³/mol. The first-order valence-corrected chi connectivity index (χ1v) is 20.7. The van der Waals surface area contributed by atoms with E-state index in [4.69, 9.17) is 9.05 Å². The van der Waals surface area contributed by atoms with Crippen molar-refractivity contribution in [3.05, 3.63) is 60.8 Å². The molecule has 0 fully saturated rings. The minimum Gasteiger partial charge on any atom is -0.387 e. The monoisotopic (exact) mass is 710 g/mol. The molecule has 0 saturated heterocycles. The average molecular weight is 710 g/mol. The minimum atomic E-state index is -4.33. The molecule has 284 valence electrons. The summed E-state index contributed by atoms with van der Waals surface area (Å²) in [5, 5.41) is 13.7. The van der Waals surface area contributed by atoms with Crippen molar-refractivity contribution in [3.8, 4) is 0 Å². The van der Waals surface area contributed by atoms with Crippen LogP contribution in [0.4, 0.5) is 0 Å². The van der Waals surface area contributed by atoms with Crippen LogP contribution in [-0.2, 0) is 18.4 Å². The molecule has 3 atom stereocenters. The van der Waals surface area contributed by atoms with Gasteiger partial charge in [-0.25, -0.2) is 4.57 Å². The van der Waals surface area contributed by atoms with Crippen molar-refractivity contribution in [2.45, 2.75) is 148 Å². The maximum absolute atomic E-state index is 12.8. The number of aliphatic hydroxyl groups is 1. The molecule has 0 aliphatic rings. The molecule has 0 saturated carbocycles. The number of aliphatic hydroxyl groups excluding tert-OH is 1. The minimum absolute atomic E-state index is 0.0550. The highest BCUT2D eigenvalue weighted by Crippen LogP contribution is 2.43. The Bertz CT molecular complexity index is 986. The quantitative estimate of drug-likeness (QED) is 0.0271. The number of carbonyl (C=O) groups is 1. The average Bonchev–Trinajstić information content (AvgIpc) is 3.04. The molecular weight excluding hydrogens is 635 g/mol. The SMILES string of the molecule is CC/C=C\C/C=C\C/C=C\C/C=C\CCCCCCCCC(=O)NC(COP(=O)(O)OCC[N+](C)(C)C)C(O)/C=C/CCCCCCCC. The van der Waals surface area contributed by atoms with Crippen LogP contribution in [0.25, 0.3) is 0 Å². The van der Waals surface area contributed by atoms with Crippen LogP contribution < -0.4 is 5.32 Å². The van der Waals surface area contributed by atoms with E-state index in [2.05, 4.69) is 67.8 Å². The molecular formula is C40H74N2O6P+. The van der Waals surface area contributed by atoms with E-state index in [1.54, 1.807) is 6.08 Å². The van der Waals surface area contributed by atoms with Crippen LogP contribution in [-0.4, -0.2) is 73.4 Å². The summed E-state index contributed by atoms with van der Waals surface area (Å²) in [6.07, 6.45) is 40.1. The highest BCUT2D eigenvalue weighted by atomic mass is 31.2. The van der Waals surface area contributed by atoms with Crippen molar-refractivity contribution in [2.75, 3.05) is 40.9 Å². The predicted octanol–water partition coefficient (Wildman–Crippen LogP) is 9.90. The van der Waals surface area contributed by atoms with E-state index in [1.165, 1.54) is 38.5 Å². The normalized spacial score (nSPS) is 15.3. The van der Waals surface area contributed by atoms with Gasteiger partial charge in [0.15, 0.2) is 0 Å². The summed E-state index contributed by atoms with van der Waals surface area (Å²) in [7, 11) is 1.54. The molecule has 0 heterocycles. The topological polar surface area (TPSA) is 105 Å². The van der Waals surface area contributed by atoms with Gasteiger partial charge in [-0.1, -0.05) is 132 Å². The van der Waals surface area contributed by atoms with E-state index in [-0.39, 0.29) is 19.1 Å². The largest absolute Gasteiger partial charge is 0.472 e. The Morgan fingerprint density at radius 3 is 1.80 bits per heavy atom. The van der Waals surface area contributed by atoms with Gasteiger partial charge in [0.25, 0.3) is 0 Å². The smallest absolute Gasteiger partial charge is 0.387 e. The molecule has 3 unspecified atom stereocenters. The van der Waals surface area contributed by atoms with Gasteiger partial charge in [-0.05, 0) is 57.8 Å². The number of nitrogens with zero attached hydrogens (tertiary/aromatic N) is 1. The maximum atomic E-state index is 12.8. The van der Waals surface area contributed by atoms with Gasteiger partial charge >= 0.3 is 7.82 Å². The second-order valence-corrected chi connectivity index (χ2v) is 15.4. The lowest BCUT2D eigenvalue weighted by atomic mass is 10.1. The number of hydrogen-bond donors (Lipinski definition) is 3. The molecule has 0 bridgehead atoms. The summed E-state index contributed by atoms with van der Waals surface area (Å²) in [5.41, 5.74) is 0. The third kappa shape index (κ3) is 34.4. The Kier molecular flexibility index (Phi) is 31.0. The van der Waals surface area contributed by atoms with Crippen molar-refractivity contribution in [3.63, 3.8) is 0 Å². The zero-order chi connectivity index (χ0) is 36.5. The number of amides is 1. The van der Waals surface area contributed by atoms with Gasteiger partial charge in [0.1, 0.15) is 13.2 Å². The number of nitrogens with one attached hydrogen (secondary N) is 1. The first-order chi connectivity index (χ1) is 23.5. The summed E-state index contributed by atoms with van der Waals surface area (Å²) >= 11 is 0. The Balaban J connectivity index is 4.43. The molecule has 0 aromatic carbocycles. The van der Waals surface area contributed by atoms with Crippen LogP contribution in [0.15, 0.2) is 60.8 Å². The molecule has 9 heteroatoms. The van der Waals surface area contributed by atoms with E-state index in [1.807, 2.05) is 27.2 Å². The number of hydrogen-bond acceptors (Lipinski definition) is 5. The molecule has 0 aromatic heterocycles. The highest BCUT2D eigenvalue weighted by Gasteiger charge is 2.27. The fourth-order valence-electron chi connectivity index (χ4n) is 4.91. The lowest BCUT2D eigenvalue weighted by Crippen LogP contribution is -2.45. The van der Waals surface area contributed by atoms with Crippen LogP contribution in [0.3, 0.4) is 0 Å². The first kappa shape index (κ1) is 47.2. The van der Waals surface area contributed by atoms with Crippen LogP contribution in [0, 0.1) is 0 Å². The van der Waals surface area contributed by atoms with Crippen molar-refractivity contribution < 1.29 is 32.9 Å². The number of phosphoric ester groups is 1. The van der Waals surface area contributed by atoms with Crippen LogP contribution in [0.2, 0.25) is 0 Å². The van der Waals surface area contributed by atoms with Gasteiger partial charge in [-0.15, -0.1) is 0 Å². The van der Waals surface area contributed by atoms with E-state index in [0.717, 1.165) is 77.0 Å². The third-order valence-electron chi connectivity index (χ3n) is 7.99. The van der Waals surface area contributed by atoms with Gasteiger partial charge in [-0.3, -0.25) is 13.8 Å². The molecule has 0 aromatic rings.